The summed E-state index contributed by atoms with van der Waals surface area (Å²) in [5.74, 6) is 0.417. The topological polar surface area (TPSA) is 20.2 Å². The van der Waals surface area contributed by atoms with E-state index in [-0.39, 0.29) is 0 Å². The van der Waals surface area contributed by atoms with Crippen molar-refractivity contribution in [3.8, 4) is 0 Å². The van der Waals surface area contributed by atoms with Gasteiger partial charge in [-0.15, -0.1) is 0 Å². The summed E-state index contributed by atoms with van der Waals surface area (Å²) >= 11 is 0. The molecule has 2 rings (SSSR count). The molecule has 16 heavy (non-hydrogen) atoms. The molecule has 2 unspecified atom stereocenters. The molecule has 0 bridgehead atoms. The summed E-state index contributed by atoms with van der Waals surface area (Å²) in [6.45, 7) is 6.90. The maximum Gasteiger partial charge on any atom is 0.0882 e. The molecule has 1 nitrogen and oxygen atoms in total. The SMILES string of the molecule is CC1CC(C)(C)CCC1(O)C1=CCCCC1. The van der Waals surface area contributed by atoms with Crippen LogP contribution < -0.4 is 0 Å². The van der Waals surface area contributed by atoms with E-state index in [1.54, 1.807) is 0 Å². The maximum atomic E-state index is 10.9. The zero-order chi connectivity index (χ0) is 11.8. The van der Waals surface area contributed by atoms with Crippen LogP contribution in [0.1, 0.15) is 65.7 Å². The molecule has 0 amide bonds. The van der Waals surface area contributed by atoms with Crippen molar-refractivity contribution in [2.24, 2.45) is 11.3 Å². The number of hydrogen-bond donors (Lipinski definition) is 1. The van der Waals surface area contributed by atoms with Crippen LogP contribution in [0.3, 0.4) is 0 Å². The predicted molar refractivity (Wildman–Crippen MR) is 68.3 cm³/mol. The molecule has 0 heterocycles. The molecule has 2 aliphatic rings. The van der Waals surface area contributed by atoms with Gasteiger partial charge in [-0.05, 0) is 61.9 Å². The Bertz CT molecular complexity index is 290. The Morgan fingerprint density at radius 1 is 1.25 bits per heavy atom. The van der Waals surface area contributed by atoms with Crippen LogP contribution in [-0.2, 0) is 0 Å². The van der Waals surface area contributed by atoms with Crippen molar-refractivity contribution in [3.63, 3.8) is 0 Å². The van der Waals surface area contributed by atoms with Gasteiger partial charge in [0.1, 0.15) is 0 Å². The average molecular weight is 222 g/mol. The Labute approximate surface area is 99.9 Å². The third-order valence-electron chi connectivity index (χ3n) is 4.70. The van der Waals surface area contributed by atoms with Crippen molar-refractivity contribution in [1.82, 2.24) is 0 Å². The summed E-state index contributed by atoms with van der Waals surface area (Å²) < 4.78 is 0. The van der Waals surface area contributed by atoms with E-state index in [0.717, 1.165) is 25.7 Å². The summed E-state index contributed by atoms with van der Waals surface area (Å²) in [7, 11) is 0. The molecule has 0 aliphatic heterocycles. The van der Waals surface area contributed by atoms with Crippen molar-refractivity contribution in [2.75, 3.05) is 0 Å². The first-order chi connectivity index (χ1) is 7.44. The van der Waals surface area contributed by atoms with Gasteiger partial charge in [0.25, 0.3) is 0 Å². The Hall–Kier alpha value is -0.300. The van der Waals surface area contributed by atoms with E-state index in [9.17, 15) is 5.11 Å². The Morgan fingerprint density at radius 2 is 2.00 bits per heavy atom. The van der Waals surface area contributed by atoms with Crippen molar-refractivity contribution < 1.29 is 5.11 Å². The molecule has 0 aromatic rings. The van der Waals surface area contributed by atoms with Gasteiger partial charge >= 0.3 is 0 Å². The van der Waals surface area contributed by atoms with Crippen LogP contribution in [0.15, 0.2) is 11.6 Å². The minimum absolute atomic E-state index is 0.417. The Morgan fingerprint density at radius 3 is 2.56 bits per heavy atom. The van der Waals surface area contributed by atoms with Gasteiger partial charge in [-0.2, -0.15) is 0 Å². The van der Waals surface area contributed by atoms with Gasteiger partial charge in [-0.1, -0.05) is 26.8 Å². The van der Waals surface area contributed by atoms with Crippen LogP contribution >= 0.6 is 0 Å². The third-order valence-corrected chi connectivity index (χ3v) is 4.70. The number of rotatable bonds is 1. The first kappa shape index (κ1) is 12.2. The first-order valence-electron chi connectivity index (χ1n) is 6.86. The lowest BCUT2D eigenvalue weighted by atomic mass is 9.62. The molecule has 1 heteroatoms. The molecule has 1 fully saturated rings. The standard InChI is InChI=1S/C15H26O/c1-12-11-14(2,3)9-10-15(12,16)13-7-5-4-6-8-13/h7,12,16H,4-6,8-11H2,1-3H3. The molecular weight excluding hydrogens is 196 g/mol. The highest BCUT2D eigenvalue weighted by Gasteiger charge is 2.44. The highest BCUT2D eigenvalue weighted by atomic mass is 16.3. The van der Waals surface area contributed by atoms with E-state index in [2.05, 4.69) is 26.8 Å². The fraction of sp³-hybridized carbons (Fsp3) is 0.867. The number of hydrogen-bond acceptors (Lipinski definition) is 1. The van der Waals surface area contributed by atoms with E-state index < -0.39 is 5.60 Å². The van der Waals surface area contributed by atoms with Crippen LogP contribution in [0.4, 0.5) is 0 Å². The summed E-state index contributed by atoms with van der Waals surface area (Å²) in [5, 5.41) is 10.9. The van der Waals surface area contributed by atoms with Crippen LogP contribution in [0.5, 0.6) is 0 Å². The highest BCUT2D eigenvalue weighted by molar-refractivity contribution is 5.21. The minimum atomic E-state index is -0.476. The second-order valence-corrected chi connectivity index (χ2v) is 6.67. The second-order valence-electron chi connectivity index (χ2n) is 6.67. The van der Waals surface area contributed by atoms with Crippen molar-refractivity contribution in [3.05, 3.63) is 11.6 Å². The average Bonchev–Trinajstić information content (AvgIpc) is 2.25. The molecular formula is C15H26O. The lowest BCUT2D eigenvalue weighted by Crippen LogP contribution is -2.45. The maximum absolute atomic E-state index is 10.9. The summed E-state index contributed by atoms with van der Waals surface area (Å²) in [5.41, 5.74) is 1.29. The lowest BCUT2D eigenvalue weighted by Gasteiger charge is -2.47. The van der Waals surface area contributed by atoms with Crippen molar-refractivity contribution in [1.29, 1.82) is 0 Å². The second kappa shape index (κ2) is 4.18. The zero-order valence-electron chi connectivity index (χ0n) is 11.1. The molecule has 1 saturated carbocycles. The van der Waals surface area contributed by atoms with E-state index in [1.165, 1.54) is 24.8 Å². The molecule has 1 N–H and O–H groups in total. The van der Waals surface area contributed by atoms with Crippen LogP contribution in [0.25, 0.3) is 0 Å². The van der Waals surface area contributed by atoms with Crippen molar-refractivity contribution >= 4 is 0 Å². The molecule has 2 aliphatic carbocycles. The molecule has 0 radical (unpaired) electrons. The molecule has 92 valence electrons. The smallest absolute Gasteiger partial charge is 0.0882 e. The summed E-state index contributed by atoms with van der Waals surface area (Å²) in [4.78, 5) is 0. The minimum Gasteiger partial charge on any atom is -0.385 e. The van der Waals surface area contributed by atoms with Gasteiger partial charge in [-0.3, -0.25) is 0 Å². The molecule has 0 aromatic heterocycles. The number of allylic oxidation sites excluding steroid dienone is 1. The monoisotopic (exact) mass is 222 g/mol. The van der Waals surface area contributed by atoms with Gasteiger partial charge in [-0.25, -0.2) is 0 Å². The molecule has 0 saturated heterocycles. The van der Waals surface area contributed by atoms with E-state index in [0.29, 0.717) is 11.3 Å². The van der Waals surface area contributed by atoms with Crippen LogP contribution in [0, 0.1) is 11.3 Å². The van der Waals surface area contributed by atoms with Gasteiger partial charge in [0.05, 0.1) is 5.60 Å². The van der Waals surface area contributed by atoms with Gasteiger partial charge in [0.15, 0.2) is 0 Å². The van der Waals surface area contributed by atoms with Crippen LogP contribution in [0.2, 0.25) is 0 Å². The predicted octanol–water partition coefficient (Wildman–Crippen LogP) is 4.06. The molecule has 2 atom stereocenters. The van der Waals surface area contributed by atoms with Gasteiger partial charge in [0.2, 0.25) is 0 Å². The quantitative estimate of drug-likeness (QED) is 0.663. The first-order valence-corrected chi connectivity index (χ1v) is 6.86. The van der Waals surface area contributed by atoms with Crippen LogP contribution in [-0.4, -0.2) is 10.7 Å². The lowest BCUT2D eigenvalue weighted by molar-refractivity contribution is -0.0450. The Kier molecular flexibility index (Phi) is 3.18. The van der Waals surface area contributed by atoms with Gasteiger partial charge in [0, 0.05) is 0 Å². The number of aliphatic hydroxyl groups is 1. The zero-order valence-corrected chi connectivity index (χ0v) is 11.1. The normalized spacial score (nSPS) is 39.2. The van der Waals surface area contributed by atoms with E-state index in [1.807, 2.05) is 0 Å². The third kappa shape index (κ3) is 2.20. The van der Waals surface area contributed by atoms with E-state index in [4.69, 9.17) is 0 Å². The van der Waals surface area contributed by atoms with Crippen molar-refractivity contribution in [2.45, 2.75) is 71.3 Å². The Balaban J connectivity index is 2.16. The molecule has 0 spiro atoms. The fourth-order valence-corrected chi connectivity index (χ4v) is 3.58. The highest BCUT2D eigenvalue weighted by Crippen LogP contribution is 2.48. The largest absolute Gasteiger partial charge is 0.385 e. The van der Waals surface area contributed by atoms with Gasteiger partial charge < -0.3 is 5.11 Å². The fourth-order valence-electron chi connectivity index (χ4n) is 3.58. The van der Waals surface area contributed by atoms with E-state index >= 15 is 0 Å². The summed E-state index contributed by atoms with van der Waals surface area (Å²) in [6.07, 6.45) is 10.5. The summed E-state index contributed by atoms with van der Waals surface area (Å²) in [6, 6.07) is 0. The molecule has 0 aromatic carbocycles.